The third kappa shape index (κ3) is 2.18. The van der Waals surface area contributed by atoms with E-state index in [-0.39, 0.29) is 22.6 Å². The zero-order valence-corrected chi connectivity index (χ0v) is 10.3. The van der Waals surface area contributed by atoms with Gasteiger partial charge in [-0.2, -0.15) is 13.2 Å². The van der Waals surface area contributed by atoms with Crippen LogP contribution in [-0.2, 0) is 6.18 Å². The standard InChI is InChI=1S/C13H12F3NO2/c1-7(2)17-10-5-3-4-9(13(14,15)16)8(10)6-11(17)12(18)19/h3-7H,1-2H3,(H,18,19). The van der Waals surface area contributed by atoms with E-state index in [1.165, 1.54) is 16.7 Å². The fraction of sp³-hybridized carbons (Fsp3) is 0.308. The highest BCUT2D eigenvalue weighted by molar-refractivity contribution is 5.96. The molecule has 6 heteroatoms. The third-order valence-electron chi connectivity index (χ3n) is 2.92. The summed E-state index contributed by atoms with van der Waals surface area (Å²) in [6.45, 7) is 3.46. The molecule has 0 saturated heterocycles. The van der Waals surface area contributed by atoms with Crippen molar-refractivity contribution in [2.75, 3.05) is 0 Å². The Labute approximate surface area is 107 Å². The first kappa shape index (κ1) is 13.5. The lowest BCUT2D eigenvalue weighted by molar-refractivity contribution is -0.136. The van der Waals surface area contributed by atoms with Gasteiger partial charge in [0.05, 0.1) is 5.56 Å². The van der Waals surface area contributed by atoms with Crippen molar-refractivity contribution in [1.29, 1.82) is 0 Å². The molecule has 0 spiro atoms. The van der Waals surface area contributed by atoms with Gasteiger partial charge in [-0.1, -0.05) is 6.07 Å². The summed E-state index contributed by atoms with van der Waals surface area (Å²) in [5.41, 5.74) is -0.671. The van der Waals surface area contributed by atoms with Gasteiger partial charge in [0, 0.05) is 16.9 Å². The summed E-state index contributed by atoms with van der Waals surface area (Å²) in [6.07, 6.45) is -4.50. The Kier molecular flexibility index (Phi) is 3.04. The lowest BCUT2D eigenvalue weighted by Crippen LogP contribution is -2.10. The van der Waals surface area contributed by atoms with Gasteiger partial charge < -0.3 is 9.67 Å². The molecule has 1 heterocycles. The highest BCUT2D eigenvalue weighted by Crippen LogP contribution is 2.36. The molecule has 102 valence electrons. The summed E-state index contributed by atoms with van der Waals surface area (Å²) in [6, 6.07) is 4.58. The second-order valence-corrected chi connectivity index (χ2v) is 4.53. The second kappa shape index (κ2) is 4.29. The number of nitrogens with zero attached hydrogens (tertiary/aromatic N) is 1. The first-order chi connectivity index (χ1) is 8.73. The van der Waals surface area contributed by atoms with E-state index >= 15 is 0 Å². The van der Waals surface area contributed by atoms with Crippen molar-refractivity contribution in [3.63, 3.8) is 0 Å². The average Bonchev–Trinajstić information content (AvgIpc) is 2.66. The van der Waals surface area contributed by atoms with Gasteiger partial charge in [0.1, 0.15) is 5.69 Å². The minimum absolute atomic E-state index is 0.0823. The third-order valence-corrected chi connectivity index (χ3v) is 2.92. The van der Waals surface area contributed by atoms with Crippen LogP contribution in [0.15, 0.2) is 24.3 Å². The number of carbonyl (C=O) groups is 1. The molecule has 0 radical (unpaired) electrons. The van der Waals surface area contributed by atoms with Gasteiger partial charge in [-0.3, -0.25) is 0 Å². The van der Waals surface area contributed by atoms with Gasteiger partial charge in [0.25, 0.3) is 0 Å². The number of benzene rings is 1. The molecule has 19 heavy (non-hydrogen) atoms. The summed E-state index contributed by atoms with van der Waals surface area (Å²) in [7, 11) is 0. The van der Waals surface area contributed by atoms with Crippen molar-refractivity contribution in [1.82, 2.24) is 4.57 Å². The normalized spacial score (nSPS) is 12.3. The predicted molar refractivity (Wildman–Crippen MR) is 64.3 cm³/mol. The smallest absolute Gasteiger partial charge is 0.417 e. The van der Waals surface area contributed by atoms with E-state index in [1.54, 1.807) is 13.8 Å². The second-order valence-electron chi connectivity index (χ2n) is 4.53. The highest BCUT2D eigenvalue weighted by Gasteiger charge is 2.34. The Morgan fingerprint density at radius 1 is 1.32 bits per heavy atom. The lowest BCUT2D eigenvalue weighted by atomic mass is 10.1. The lowest BCUT2D eigenvalue weighted by Gasteiger charge is -2.13. The van der Waals surface area contributed by atoms with Crippen LogP contribution in [0.4, 0.5) is 13.2 Å². The van der Waals surface area contributed by atoms with Crippen LogP contribution in [0.5, 0.6) is 0 Å². The molecular weight excluding hydrogens is 259 g/mol. The molecule has 0 saturated carbocycles. The number of carboxylic acids is 1. The fourth-order valence-electron chi connectivity index (χ4n) is 2.22. The quantitative estimate of drug-likeness (QED) is 0.898. The van der Waals surface area contributed by atoms with Gasteiger partial charge in [0.15, 0.2) is 0 Å². The molecule has 1 aromatic carbocycles. The molecule has 0 aliphatic rings. The van der Waals surface area contributed by atoms with Crippen molar-refractivity contribution < 1.29 is 23.1 Å². The molecule has 0 unspecified atom stereocenters. The van der Waals surface area contributed by atoms with Crippen molar-refractivity contribution in [3.05, 3.63) is 35.5 Å². The molecule has 0 aliphatic heterocycles. The van der Waals surface area contributed by atoms with Crippen molar-refractivity contribution in [3.8, 4) is 0 Å². The van der Waals surface area contributed by atoms with E-state index in [9.17, 15) is 18.0 Å². The number of halogens is 3. The molecular formula is C13H12F3NO2. The van der Waals surface area contributed by atoms with Crippen LogP contribution in [-0.4, -0.2) is 15.6 Å². The maximum Gasteiger partial charge on any atom is 0.417 e. The summed E-state index contributed by atoms with van der Waals surface area (Å²) in [5, 5.41) is 9.02. The number of aromatic nitrogens is 1. The number of aromatic carboxylic acids is 1. The number of alkyl halides is 3. The summed E-state index contributed by atoms with van der Waals surface area (Å²) in [4.78, 5) is 11.2. The van der Waals surface area contributed by atoms with Crippen molar-refractivity contribution >= 4 is 16.9 Å². The van der Waals surface area contributed by atoms with Crippen LogP contribution in [0, 0.1) is 0 Å². The van der Waals surface area contributed by atoms with E-state index in [1.807, 2.05) is 0 Å². The first-order valence-corrected chi connectivity index (χ1v) is 5.68. The van der Waals surface area contributed by atoms with E-state index in [4.69, 9.17) is 5.11 Å². The summed E-state index contributed by atoms with van der Waals surface area (Å²) < 4.78 is 40.1. The molecule has 0 bridgehead atoms. The predicted octanol–water partition coefficient (Wildman–Crippen LogP) is 3.94. The molecule has 0 fully saturated rings. The van der Waals surface area contributed by atoms with Gasteiger partial charge in [-0.15, -0.1) is 0 Å². The molecule has 1 N–H and O–H groups in total. The maximum absolute atomic E-state index is 12.9. The van der Waals surface area contributed by atoms with Gasteiger partial charge in [-0.25, -0.2) is 4.79 Å². The topological polar surface area (TPSA) is 42.2 Å². The van der Waals surface area contributed by atoms with Gasteiger partial charge in [-0.05, 0) is 32.0 Å². The monoisotopic (exact) mass is 271 g/mol. The molecule has 2 rings (SSSR count). The van der Waals surface area contributed by atoms with Crippen LogP contribution in [0.1, 0.15) is 35.9 Å². The Bertz CT molecular complexity index is 641. The zero-order chi connectivity index (χ0) is 14.4. The van der Waals surface area contributed by atoms with E-state index in [2.05, 4.69) is 0 Å². The first-order valence-electron chi connectivity index (χ1n) is 5.68. The maximum atomic E-state index is 12.9. The van der Waals surface area contributed by atoms with Crippen LogP contribution in [0.3, 0.4) is 0 Å². The summed E-state index contributed by atoms with van der Waals surface area (Å²) >= 11 is 0. The minimum atomic E-state index is -4.50. The van der Waals surface area contributed by atoms with Crippen molar-refractivity contribution in [2.45, 2.75) is 26.1 Å². The van der Waals surface area contributed by atoms with E-state index < -0.39 is 17.7 Å². The number of hydrogen-bond donors (Lipinski definition) is 1. The van der Waals surface area contributed by atoms with Crippen molar-refractivity contribution in [2.24, 2.45) is 0 Å². The molecule has 0 atom stereocenters. The number of fused-ring (bicyclic) bond motifs is 1. The van der Waals surface area contributed by atoms with Crippen LogP contribution < -0.4 is 0 Å². The number of hydrogen-bond acceptors (Lipinski definition) is 1. The molecule has 3 nitrogen and oxygen atoms in total. The largest absolute Gasteiger partial charge is 0.477 e. The summed E-state index contributed by atoms with van der Waals surface area (Å²) in [5.74, 6) is -1.24. The molecule has 0 amide bonds. The van der Waals surface area contributed by atoms with Crippen LogP contribution >= 0.6 is 0 Å². The van der Waals surface area contributed by atoms with Crippen LogP contribution in [0.25, 0.3) is 10.9 Å². The van der Waals surface area contributed by atoms with E-state index in [0.29, 0.717) is 0 Å². The Balaban J connectivity index is 2.87. The number of rotatable bonds is 2. The van der Waals surface area contributed by atoms with Crippen LogP contribution in [0.2, 0.25) is 0 Å². The van der Waals surface area contributed by atoms with Gasteiger partial charge >= 0.3 is 12.1 Å². The Hall–Kier alpha value is -1.98. The highest BCUT2D eigenvalue weighted by atomic mass is 19.4. The zero-order valence-electron chi connectivity index (χ0n) is 10.3. The SMILES string of the molecule is CC(C)n1c(C(=O)O)cc2c(C(F)(F)F)cccc21. The molecule has 2 aromatic rings. The average molecular weight is 271 g/mol. The fourth-order valence-corrected chi connectivity index (χ4v) is 2.22. The van der Waals surface area contributed by atoms with E-state index in [0.717, 1.165) is 12.1 Å². The number of carboxylic acid groups (broad SMARTS) is 1. The Morgan fingerprint density at radius 3 is 2.42 bits per heavy atom. The Morgan fingerprint density at radius 2 is 1.95 bits per heavy atom. The van der Waals surface area contributed by atoms with Gasteiger partial charge in [0.2, 0.25) is 0 Å². The molecule has 1 aromatic heterocycles. The molecule has 0 aliphatic carbocycles. The minimum Gasteiger partial charge on any atom is -0.477 e.